The third-order valence-electron chi connectivity index (χ3n) is 3.30. The molecule has 0 saturated carbocycles. The van der Waals surface area contributed by atoms with Crippen molar-refractivity contribution in [2.24, 2.45) is 7.05 Å². The van der Waals surface area contributed by atoms with Crippen LogP contribution in [-0.2, 0) is 13.6 Å². The van der Waals surface area contributed by atoms with E-state index in [9.17, 15) is 4.79 Å². The first-order valence-corrected chi connectivity index (χ1v) is 6.58. The summed E-state index contributed by atoms with van der Waals surface area (Å²) in [6, 6.07) is 1.86. The van der Waals surface area contributed by atoms with E-state index in [0.717, 1.165) is 17.0 Å². The smallest absolute Gasteiger partial charge is 0.253 e. The van der Waals surface area contributed by atoms with Crippen LogP contribution in [-0.4, -0.2) is 24.1 Å². The summed E-state index contributed by atoms with van der Waals surface area (Å²) >= 11 is 0. The summed E-state index contributed by atoms with van der Waals surface area (Å²) in [6.45, 7) is 2.45. The summed E-state index contributed by atoms with van der Waals surface area (Å²) in [4.78, 5) is 24.2. The number of pyridine rings is 1. The van der Waals surface area contributed by atoms with Crippen LogP contribution in [0.3, 0.4) is 0 Å². The third kappa shape index (κ3) is 2.60. The summed E-state index contributed by atoms with van der Waals surface area (Å²) < 4.78 is 3.59. The molecule has 3 rings (SSSR count). The molecule has 3 heterocycles. The molecule has 3 aromatic rings. The molecule has 106 valence electrons. The zero-order chi connectivity index (χ0) is 14.8. The van der Waals surface area contributed by atoms with Gasteiger partial charge < -0.3 is 9.13 Å². The molecule has 21 heavy (non-hydrogen) atoms. The number of imidazole rings is 1. The second kappa shape index (κ2) is 5.32. The van der Waals surface area contributed by atoms with Gasteiger partial charge in [0.1, 0.15) is 12.2 Å². The quantitative estimate of drug-likeness (QED) is 0.728. The van der Waals surface area contributed by atoms with Crippen LogP contribution in [0.2, 0.25) is 0 Å². The molecule has 0 saturated heterocycles. The minimum Gasteiger partial charge on any atom is -0.326 e. The second-order valence-corrected chi connectivity index (χ2v) is 4.95. The fraction of sp³-hybridized carbons (Fsp3) is 0.200. The largest absolute Gasteiger partial charge is 0.326 e. The molecule has 0 amide bonds. The lowest BCUT2D eigenvalue weighted by molar-refractivity contribution is 0.790. The van der Waals surface area contributed by atoms with Gasteiger partial charge in [-0.1, -0.05) is 0 Å². The van der Waals surface area contributed by atoms with Gasteiger partial charge in [-0.25, -0.2) is 15.0 Å². The summed E-state index contributed by atoms with van der Waals surface area (Å²) in [5, 5.41) is 0. The van der Waals surface area contributed by atoms with Crippen LogP contribution in [0.5, 0.6) is 0 Å². The van der Waals surface area contributed by atoms with Crippen molar-refractivity contribution >= 4 is 0 Å². The lowest BCUT2D eigenvalue weighted by atomic mass is 10.2. The van der Waals surface area contributed by atoms with Gasteiger partial charge in [0.05, 0.1) is 6.54 Å². The van der Waals surface area contributed by atoms with Crippen molar-refractivity contribution in [1.29, 1.82) is 0 Å². The molecule has 6 nitrogen and oxygen atoms in total. The molecule has 0 atom stereocenters. The highest BCUT2D eigenvalue weighted by Crippen LogP contribution is 2.18. The normalized spacial score (nSPS) is 10.8. The van der Waals surface area contributed by atoms with Crippen LogP contribution >= 0.6 is 0 Å². The van der Waals surface area contributed by atoms with E-state index in [1.165, 1.54) is 6.33 Å². The Morgan fingerprint density at radius 3 is 2.71 bits per heavy atom. The van der Waals surface area contributed by atoms with Gasteiger partial charge in [-0.3, -0.25) is 4.79 Å². The lowest BCUT2D eigenvalue weighted by Gasteiger charge is -2.09. The minimum atomic E-state index is 0.00770. The Bertz CT molecular complexity index is 793. The van der Waals surface area contributed by atoms with E-state index in [1.54, 1.807) is 36.4 Å². The van der Waals surface area contributed by atoms with Crippen molar-refractivity contribution in [2.45, 2.75) is 13.5 Å². The third-order valence-corrected chi connectivity index (χ3v) is 3.30. The summed E-state index contributed by atoms with van der Waals surface area (Å²) in [7, 11) is 1.75. The van der Waals surface area contributed by atoms with E-state index in [1.807, 2.05) is 23.8 Å². The van der Waals surface area contributed by atoms with Crippen LogP contribution in [0.4, 0.5) is 0 Å². The van der Waals surface area contributed by atoms with Crippen LogP contribution < -0.4 is 5.56 Å². The van der Waals surface area contributed by atoms with Gasteiger partial charge in [-0.15, -0.1) is 0 Å². The zero-order valence-corrected chi connectivity index (χ0v) is 11.9. The fourth-order valence-corrected chi connectivity index (χ4v) is 2.31. The summed E-state index contributed by atoms with van der Waals surface area (Å²) in [6.07, 6.45) is 10.5. The SMILES string of the molecule is Cc1cc(-c2nccn2Cc2cncnc2)cn(C)c1=O. The van der Waals surface area contributed by atoms with Gasteiger partial charge in [0.2, 0.25) is 0 Å². The van der Waals surface area contributed by atoms with Crippen LogP contribution in [0.1, 0.15) is 11.1 Å². The zero-order valence-electron chi connectivity index (χ0n) is 11.9. The molecule has 0 aliphatic heterocycles. The average molecular weight is 281 g/mol. The van der Waals surface area contributed by atoms with E-state index in [-0.39, 0.29) is 5.56 Å². The van der Waals surface area contributed by atoms with Crippen molar-refractivity contribution in [3.05, 3.63) is 64.9 Å². The topological polar surface area (TPSA) is 65.6 Å². The number of aromatic nitrogens is 5. The molecule has 3 aromatic heterocycles. The van der Waals surface area contributed by atoms with Crippen LogP contribution in [0.15, 0.2) is 48.2 Å². The molecule has 0 radical (unpaired) electrons. The lowest BCUT2D eigenvalue weighted by Crippen LogP contribution is -2.18. The highest BCUT2D eigenvalue weighted by Gasteiger charge is 2.09. The fourth-order valence-electron chi connectivity index (χ4n) is 2.31. The first-order valence-electron chi connectivity index (χ1n) is 6.58. The van der Waals surface area contributed by atoms with Crippen LogP contribution in [0.25, 0.3) is 11.4 Å². The van der Waals surface area contributed by atoms with E-state index in [2.05, 4.69) is 15.0 Å². The Balaban J connectivity index is 2.01. The maximum Gasteiger partial charge on any atom is 0.253 e. The second-order valence-electron chi connectivity index (χ2n) is 4.95. The van der Waals surface area contributed by atoms with Crippen molar-refractivity contribution in [1.82, 2.24) is 24.1 Å². The van der Waals surface area contributed by atoms with Gasteiger partial charge in [0, 0.05) is 54.7 Å². The first-order chi connectivity index (χ1) is 10.1. The highest BCUT2D eigenvalue weighted by molar-refractivity contribution is 5.55. The Labute approximate surface area is 121 Å². The van der Waals surface area contributed by atoms with E-state index in [4.69, 9.17) is 0 Å². The number of rotatable bonds is 3. The van der Waals surface area contributed by atoms with E-state index < -0.39 is 0 Å². The van der Waals surface area contributed by atoms with Crippen molar-refractivity contribution < 1.29 is 0 Å². The number of aryl methyl sites for hydroxylation is 2. The molecule has 6 heteroatoms. The molecule has 0 unspecified atom stereocenters. The molecule has 0 aromatic carbocycles. The predicted octanol–water partition coefficient (Wildman–Crippen LogP) is 1.40. The average Bonchev–Trinajstić information content (AvgIpc) is 2.93. The predicted molar refractivity (Wildman–Crippen MR) is 78.8 cm³/mol. The Hall–Kier alpha value is -2.76. The summed E-state index contributed by atoms with van der Waals surface area (Å²) in [5.74, 6) is 0.817. The number of hydrogen-bond donors (Lipinski definition) is 0. The van der Waals surface area contributed by atoms with Crippen molar-refractivity contribution in [3.63, 3.8) is 0 Å². The Morgan fingerprint density at radius 1 is 1.24 bits per heavy atom. The van der Waals surface area contributed by atoms with Gasteiger partial charge in [0.25, 0.3) is 5.56 Å². The molecule has 0 spiro atoms. The molecule has 0 fully saturated rings. The molecule has 0 bridgehead atoms. The highest BCUT2D eigenvalue weighted by atomic mass is 16.1. The van der Waals surface area contributed by atoms with E-state index >= 15 is 0 Å². The molecular formula is C15H15N5O. The molecule has 0 aliphatic rings. The Kier molecular flexibility index (Phi) is 3.35. The van der Waals surface area contributed by atoms with Gasteiger partial charge in [-0.2, -0.15) is 0 Å². The Morgan fingerprint density at radius 2 is 2.00 bits per heavy atom. The summed E-state index contributed by atoms with van der Waals surface area (Å²) in [5.41, 5.74) is 2.62. The molecular weight excluding hydrogens is 266 g/mol. The standard InChI is InChI=1S/C15H15N5O/c1-11-5-13(9-19(2)15(11)21)14-18-3-4-20(14)8-12-6-16-10-17-7-12/h3-7,9-10H,8H2,1-2H3. The van der Waals surface area contributed by atoms with E-state index in [0.29, 0.717) is 12.1 Å². The minimum absolute atomic E-state index is 0.00770. The number of nitrogens with zero attached hydrogens (tertiary/aromatic N) is 5. The monoisotopic (exact) mass is 281 g/mol. The van der Waals surface area contributed by atoms with Gasteiger partial charge in [-0.05, 0) is 13.0 Å². The van der Waals surface area contributed by atoms with Gasteiger partial charge >= 0.3 is 0 Å². The maximum absolute atomic E-state index is 11.8. The maximum atomic E-state index is 11.8. The van der Waals surface area contributed by atoms with Crippen molar-refractivity contribution in [2.75, 3.05) is 0 Å². The first kappa shape index (κ1) is 13.2. The molecule has 0 N–H and O–H groups in total. The molecule has 0 aliphatic carbocycles. The van der Waals surface area contributed by atoms with Crippen molar-refractivity contribution in [3.8, 4) is 11.4 Å². The van der Waals surface area contributed by atoms with Gasteiger partial charge in [0.15, 0.2) is 0 Å². The van der Waals surface area contributed by atoms with Crippen LogP contribution in [0, 0.1) is 6.92 Å². The number of hydrogen-bond acceptors (Lipinski definition) is 4.